The van der Waals surface area contributed by atoms with Crippen molar-refractivity contribution in [2.75, 3.05) is 18.4 Å². The van der Waals surface area contributed by atoms with E-state index in [-0.39, 0.29) is 11.7 Å². The molecule has 1 rings (SSSR count). The van der Waals surface area contributed by atoms with Gasteiger partial charge in [-0.1, -0.05) is 13.8 Å². The molecule has 0 aromatic heterocycles. The van der Waals surface area contributed by atoms with Gasteiger partial charge in [-0.05, 0) is 31.4 Å². The number of amides is 2. The largest absolute Gasteiger partial charge is 0.325 e. The van der Waals surface area contributed by atoms with Crippen molar-refractivity contribution in [2.24, 2.45) is 0 Å². The number of aryl methyl sites for hydroxylation is 1. The van der Waals surface area contributed by atoms with Crippen LogP contribution < -0.4 is 5.32 Å². The van der Waals surface area contributed by atoms with E-state index in [1.54, 1.807) is 17.9 Å². The van der Waals surface area contributed by atoms with Crippen molar-refractivity contribution in [3.8, 4) is 0 Å². The van der Waals surface area contributed by atoms with E-state index in [0.29, 0.717) is 24.3 Å². The molecule has 0 saturated carbocycles. The molecular weight excluding hydrogens is 258 g/mol. The second kappa shape index (κ2) is 7.47. The van der Waals surface area contributed by atoms with Gasteiger partial charge in [-0.2, -0.15) is 0 Å². The van der Waals surface area contributed by atoms with Gasteiger partial charge < -0.3 is 10.2 Å². The summed E-state index contributed by atoms with van der Waals surface area (Å²) in [5.74, 6) is 0. The predicted molar refractivity (Wildman–Crippen MR) is 79.0 cm³/mol. The number of nitrogens with one attached hydrogen (secondary N) is 1. The predicted octanol–water partition coefficient (Wildman–Crippen LogP) is 3.56. The van der Waals surface area contributed by atoms with Crippen LogP contribution in [0, 0.1) is 17.0 Å². The van der Waals surface area contributed by atoms with Gasteiger partial charge in [-0.25, -0.2) is 4.79 Å². The number of urea groups is 1. The Kier molecular flexibility index (Phi) is 5.96. The van der Waals surface area contributed by atoms with Gasteiger partial charge in [0.2, 0.25) is 0 Å². The number of nitrogens with zero attached hydrogens (tertiary/aromatic N) is 2. The molecule has 0 aliphatic heterocycles. The number of carbonyl (C=O) groups excluding carboxylic acids is 1. The highest BCUT2D eigenvalue weighted by Gasteiger charge is 2.14. The number of non-ortho nitro benzene ring substituents is 1. The zero-order chi connectivity index (χ0) is 15.1. The molecule has 1 aromatic rings. The van der Waals surface area contributed by atoms with Crippen molar-refractivity contribution in [3.05, 3.63) is 33.9 Å². The molecule has 0 spiro atoms. The Bertz CT molecular complexity index is 483. The molecule has 2 amide bonds. The molecular formula is C14H21N3O3. The fourth-order valence-electron chi connectivity index (χ4n) is 1.95. The average Bonchev–Trinajstić information content (AvgIpc) is 2.40. The number of anilines is 1. The molecule has 0 atom stereocenters. The average molecular weight is 279 g/mol. The van der Waals surface area contributed by atoms with E-state index in [1.165, 1.54) is 12.1 Å². The van der Waals surface area contributed by atoms with Crippen LogP contribution in [0.4, 0.5) is 16.2 Å². The summed E-state index contributed by atoms with van der Waals surface area (Å²) < 4.78 is 0. The van der Waals surface area contributed by atoms with E-state index in [4.69, 9.17) is 0 Å². The van der Waals surface area contributed by atoms with Gasteiger partial charge in [0, 0.05) is 30.9 Å². The topological polar surface area (TPSA) is 75.5 Å². The third-order valence-electron chi connectivity index (χ3n) is 2.94. The minimum Gasteiger partial charge on any atom is -0.325 e. The van der Waals surface area contributed by atoms with Crippen molar-refractivity contribution in [1.82, 2.24) is 4.90 Å². The minimum absolute atomic E-state index is 0.0273. The maximum Gasteiger partial charge on any atom is 0.321 e. The fraction of sp³-hybridized carbons (Fsp3) is 0.500. The fourth-order valence-corrected chi connectivity index (χ4v) is 1.95. The van der Waals surface area contributed by atoms with E-state index >= 15 is 0 Å². The Labute approximate surface area is 118 Å². The molecule has 0 fully saturated rings. The van der Waals surface area contributed by atoms with Gasteiger partial charge in [0.25, 0.3) is 5.69 Å². The summed E-state index contributed by atoms with van der Waals surface area (Å²) in [7, 11) is 0. The highest BCUT2D eigenvalue weighted by molar-refractivity contribution is 5.90. The van der Waals surface area contributed by atoms with Crippen LogP contribution in [-0.2, 0) is 0 Å². The molecule has 0 aliphatic rings. The maximum atomic E-state index is 12.1. The SMILES string of the molecule is CCCN(CCC)C(=O)Nc1ccc([N+](=O)[O-])cc1C. The van der Waals surface area contributed by atoms with E-state index < -0.39 is 4.92 Å². The number of nitro groups is 1. The number of carbonyl (C=O) groups is 1. The van der Waals surface area contributed by atoms with Gasteiger partial charge >= 0.3 is 6.03 Å². The normalized spacial score (nSPS) is 10.2. The first-order valence-corrected chi connectivity index (χ1v) is 6.80. The smallest absolute Gasteiger partial charge is 0.321 e. The van der Waals surface area contributed by atoms with Gasteiger partial charge in [0.15, 0.2) is 0 Å². The summed E-state index contributed by atoms with van der Waals surface area (Å²) in [6.07, 6.45) is 1.79. The number of benzene rings is 1. The van der Waals surface area contributed by atoms with Gasteiger partial charge in [-0.15, -0.1) is 0 Å². The second-order valence-corrected chi connectivity index (χ2v) is 4.67. The summed E-state index contributed by atoms with van der Waals surface area (Å²) in [5, 5.41) is 13.5. The lowest BCUT2D eigenvalue weighted by atomic mass is 10.2. The zero-order valence-electron chi connectivity index (χ0n) is 12.2. The quantitative estimate of drug-likeness (QED) is 0.639. The highest BCUT2D eigenvalue weighted by atomic mass is 16.6. The Balaban J connectivity index is 2.81. The summed E-state index contributed by atoms with van der Waals surface area (Å²) in [6.45, 7) is 7.18. The molecule has 1 N–H and O–H groups in total. The second-order valence-electron chi connectivity index (χ2n) is 4.67. The summed E-state index contributed by atoms with van der Waals surface area (Å²) >= 11 is 0. The van der Waals surface area contributed by atoms with Gasteiger partial charge in [-0.3, -0.25) is 10.1 Å². The third-order valence-corrected chi connectivity index (χ3v) is 2.94. The molecule has 0 unspecified atom stereocenters. The first-order valence-electron chi connectivity index (χ1n) is 6.80. The van der Waals surface area contributed by atoms with Crippen molar-refractivity contribution < 1.29 is 9.72 Å². The van der Waals surface area contributed by atoms with Crippen molar-refractivity contribution in [2.45, 2.75) is 33.6 Å². The molecule has 0 bridgehead atoms. The Hall–Kier alpha value is -2.11. The van der Waals surface area contributed by atoms with Crippen molar-refractivity contribution in [1.29, 1.82) is 0 Å². The molecule has 1 aromatic carbocycles. The third kappa shape index (κ3) is 4.22. The van der Waals surface area contributed by atoms with Crippen LogP contribution in [-0.4, -0.2) is 28.9 Å². The van der Waals surface area contributed by atoms with E-state index in [0.717, 1.165) is 12.8 Å². The van der Waals surface area contributed by atoms with Crippen LogP contribution in [0.1, 0.15) is 32.3 Å². The number of rotatable bonds is 6. The molecule has 6 nitrogen and oxygen atoms in total. The molecule has 110 valence electrons. The monoisotopic (exact) mass is 279 g/mol. The lowest BCUT2D eigenvalue weighted by Crippen LogP contribution is -2.36. The molecule has 20 heavy (non-hydrogen) atoms. The van der Waals surface area contributed by atoms with Crippen LogP contribution in [0.2, 0.25) is 0 Å². The lowest BCUT2D eigenvalue weighted by molar-refractivity contribution is -0.384. The standard InChI is InChI=1S/C14H21N3O3/c1-4-8-16(9-5-2)14(18)15-13-7-6-12(17(19)20)10-11(13)3/h6-7,10H,4-5,8-9H2,1-3H3,(H,15,18). The maximum absolute atomic E-state index is 12.1. The van der Waals surface area contributed by atoms with Gasteiger partial charge in [0.05, 0.1) is 4.92 Å². The Morgan fingerprint density at radius 3 is 2.35 bits per heavy atom. The van der Waals surface area contributed by atoms with Crippen molar-refractivity contribution in [3.63, 3.8) is 0 Å². The first-order chi connectivity index (χ1) is 9.49. The molecule has 6 heteroatoms. The Morgan fingerprint density at radius 2 is 1.90 bits per heavy atom. The molecule has 0 aliphatic carbocycles. The molecule has 0 heterocycles. The van der Waals surface area contributed by atoms with E-state index in [2.05, 4.69) is 5.32 Å². The van der Waals surface area contributed by atoms with Crippen LogP contribution in [0.3, 0.4) is 0 Å². The summed E-state index contributed by atoms with van der Waals surface area (Å²) in [4.78, 5) is 24.1. The van der Waals surface area contributed by atoms with Gasteiger partial charge in [0.1, 0.15) is 0 Å². The molecule has 0 saturated heterocycles. The first kappa shape index (κ1) is 15.9. The van der Waals surface area contributed by atoms with Crippen LogP contribution >= 0.6 is 0 Å². The number of hydrogen-bond acceptors (Lipinski definition) is 3. The number of nitro benzene ring substituents is 1. The van der Waals surface area contributed by atoms with Crippen molar-refractivity contribution >= 4 is 17.4 Å². The lowest BCUT2D eigenvalue weighted by Gasteiger charge is -2.22. The van der Waals surface area contributed by atoms with Crippen LogP contribution in [0.15, 0.2) is 18.2 Å². The van der Waals surface area contributed by atoms with Crippen LogP contribution in [0.5, 0.6) is 0 Å². The van der Waals surface area contributed by atoms with E-state index in [9.17, 15) is 14.9 Å². The summed E-state index contributed by atoms with van der Waals surface area (Å²) in [5.41, 5.74) is 1.32. The highest BCUT2D eigenvalue weighted by Crippen LogP contribution is 2.21. The minimum atomic E-state index is -0.445. The Morgan fingerprint density at radius 1 is 1.30 bits per heavy atom. The number of hydrogen-bond donors (Lipinski definition) is 1. The van der Waals surface area contributed by atoms with E-state index in [1.807, 2.05) is 13.8 Å². The molecule has 0 radical (unpaired) electrons. The van der Waals surface area contributed by atoms with Crippen LogP contribution in [0.25, 0.3) is 0 Å². The zero-order valence-corrected chi connectivity index (χ0v) is 12.2. The summed E-state index contributed by atoms with van der Waals surface area (Å²) in [6, 6.07) is 4.26.